The quantitative estimate of drug-likeness (QED) is 0.794. The van der Waals surface area contributed by atoms with Crippen LogP contribution in [-0.4, -0.2) is 15.0 Å². The lowest BCUT2D eigenvalue weighted by Crippen LogP contribution is -2.25. The molecule has 0 amide bonds. The average molecular weight is 255 g/mol. The molecular formula is C13H21NO2S. The van der Waals surface area contributed by atoms with E-state index in [0.717, 1.165) is 18.4 Å². The molecule has 0 aromatic heterocycles. The molecule has 3 nitrogen and oxygen atoms in total. The molecule has 1 aromatic rings. The summed E-state index contributed by atoms with van der Waals surface area (Å²) in [6.07, 6.45) is 1.84. The van der Waals surface area contributed by atoms with E-state index in [2.05, 4.69) is 4.72 Å². The molecule has 96 valence electrons. The summed E-state index contributed by atoms with van der Waals surface area (Å²) in [5, 5.41) is 0. The van der Waals surface area contributed by atoms with E-state index in [1.807, 2.05) is 32.9 Å². The van der Waals surface area contributed by atoms with E-state index in [9.17, 15) is 8.42 Å². The van der Waals surface area contributed by atoms with Crippen LogP contribution in [0.2, 0.25) is 0 Å². The summed E-state index contributed by atoms with van der Waals surface area (Å²) >= 11 is 0. The maximum Gasteiger partial charge on any atom is 0.240 e. The minimum absolute atomic E-state index is 0.203. The van der Waals surface area contributed by atoms with Gasteiger partial charge in [-0.1, -0.05) is 45.4 Å². The Bertz CT molecular complexity index is 452. The van der Waals surface area contributed by atoms with E-state index < -0.39 is 10.0 Å². The molecule has 0 fully saturated rings. The fourth-order valence-electron chi connectivity index (χ4n) is 1.66. The van der Waals surface area contributed by atoms with E-state index in [1.165, 1.54) is 0 Å². The monoisotopic (exact) mass is 255 g/mol. The SMILES string of the molecule is CCCCNS(=O)(=O)c1ccccc1C(C)C. The molecular weight excluding hydrogens is 234 g/mol. The van der Waals surface area contributed by atoms with E-state index >= 15 is 0 Å². The third kappa shape index (κ3) is 3.82. The van der Waals surface area contributed by atoms with Gasteiger partial charge in [0.2, 0.25) is 10.0 Å². The predicted octanol–water partition coefficient (Wildman–Crippen LogP) is 2.89. The zero-order valence-corrected chi connectivity index (χ0v) is 11.5. The van der Waals surface area contributed by atoms with Crippen molar-refractivity contribution in [2.45, 2.75) is 44.4 Å². The van der Waals surface area contributed by atoms with Crippen LogP contribution in [0.3, 0.4) is 0 Å². The summed E-state index contributed by atoms with van der Waals surface area (Å²) in [5.74, 6) is 0.203. The summed E-state index contributed by atoms with van der Waals surface area (Å²) in [6.45, 7) is 6.54. The van der Waals surface area contributed by atoms with Crippen molar-refractivity contribution in [1.29, 1.82) is 0 Å². The van der Waals surface area contributed by atoms with Crippen molar-refractivity contribution < 1.29 is 8.42 Å². The molecule has 1 N–H and O–H groups in total. The molecule has 0 unspecified atom stereocenters. The van der Waals surface area contributed by atoms with Gasteiger partial charge in [0, 0.05) is 6.54 Å². The van der Waals surface area contributed by atoms with Crippen molar-refractivity contribution in [2.24, 2.45) is 0 Å². The molecule has 0 heterocycles. The van der Waals surface area contributed by atoms with Crippen LogP contribution in [0, 0.1) is 0 Å². The summed E-state index contributed by atoms with van der Waals surface area (Å²) in [5.41, 5.74) is 0.872. The molecule has 0 aliphatic heterocycles. The van der Waals surface area contributed by atoms with Gasteiger partial charge >= 0.3 is 0 Å². The first-order chi connectivity index (χ1) is 7.99. The molecule has 0 aliphatic rings. The summed E-state index contributed by atoms with van der Waals surface area (Å²) in [7, 11) is -3.36. The zero-order chi connectivity index (χ0) is 12.9. The minimum atomic E-state index is -3.36. The first-order valence-corrected chi connectivity index (χ1v) is 7.56. The lowest BCUT2D eigenvalue weighted by molar-refractivity contribution is 0.576. The van der Waals surface area contributed by atoms with Gasteiger partial charge in [0.1, 0.15) is 0 Å². The molecule has 0 atom stereocenters. The van der Waals surface area contributed by atoms with E-state index in [0.29, 0.717) is 11.4 Å². The van der Waals surface area contributed by atoms with Gasteiger partial charge in [0.25, 0.3) is 0 Å². The molecule has 1 aromatic carbocycles. The number of hydrogen-bond acceptors (Lipinski definition) is 2. The van der Waals surface area contributed by atoms with Gasteiger partial charge in [-0.15, -0.1) is 0 Å². The highest BCUT2D eigenvalue weighted by molar-refractivity contribution is 7.89. The Balaban J connectivity index is 2.98. The van der Waals surface area contributed by atoms with Crippen molar-refractivity contribution in [3.63, 3.8) is 0 Å². The molecule has 0 radical (unpaired) electrons. The zero-order valence-electron chi connectivity index (χ0n) is 10.7. The fraction of sp³-hybridized carbons (Fsp3) is 0.538. The van der Waals surface area contributed by atoms with Crippen LogP contribution >= 0.6 is 0 Å². The molecule has 17 heavy (non-hydrogen) atoms. The molecule has 0 saturated heterocycles. The highest BCUT2D eigenvalue weighted by Gasteiger charge is 2.18. The first-order valence-electron chi connectivity index (χ1n) is 6.07. The van der Waals surface area contributed by atoms with Crippen molar-refractivity contribution in [3.8, 4) is 0 Å². The van der Waals surface area contributed by atoms with Gasteiger partial charge in [-0.3, -0.25) is 0 Å². The van der Waals surface area contributed by atoms with Crippen LogP contribution < -0.4 is 4.72 Å². The predicted molar refractivity (Wildman–Crippen MR) is 70.6 cm³/mol. The second-order valence-corrected chi connectivity index (χ2v) is 6.18. The van der Waals surface area contributed by atoms with Crippen molar-refractivity contribution in [3.05, 3.63) is 29.8 Å². The Kier molecular flexibility index (Phi) is 5.15. The summed E-state index contributed by atoms with van der Waals surface area (Å²) in [6, 6.07) is 7.18. The molecule has 0 aliphatic carbocycles. The van der Waals surface area contributed by atoms with E-state index in [1.54, 1.807) is 12.1 Å². The van der Waals surface area contributed by atoms with Gasteiger partial charge in [0.15, 0.2) is 0 Å². The average Bonchev–Trinajstić information content (AvgIpc) is 2.29. The van der Waals surface area contributed by atoms with Gasteiger partial charge in [-0.05, 0) is 24.0 Å². The normalized spacial score (nSPS) is 12.0. The Morgan fingerprint density at radius 2 is 1.88 bits per heavy atom. The largest absolute Gasteiger partial charge is 0.240 e. The van der Waals surface area contributed by atoms with Gasteiger partial charge in [-0.25, -0.2) is 13.1 Å². The summed E-state index contributed by atoms with van der Waals surface area (Å²) in [4.78, 5) is 0.408. The third-order valence-corrected chi connectivity index (χ3v) is 4.19. The number of nitrogens with one attached hydrogen (secondary N) is 1. The maximum atomic E-state index is 12.1. The molecule has 4 heteroatoms. The van der Waals surface area contributed by atoms with Crippen LogP contribution in [0.4, 0.5) is 0 Å². The Labute approximate surface area is 104 Å². The molecule has 0 bridgehead atoms. The van der Waals surface area contributed by atoms with Crippen molar-refractivity contribution in [2.75, 3.05) is 6.54 Å². The van der Waals surface area contributed by atoms with Crippen LogP contribution in [0.15, 0.2) is 29.2 Å². The lowest BCUT2D eigenvalue weighted by atomic mass is 10.0. The van der Waals surface area contributed by atoms with Gasteiger partial charge in [0.05, 0.1) is 4.90 Å². The number of rotatable bonds is 6. The van der Waals surface area contributed by atoms with Crippen LogP contribution in [0.25, 0.3) is 0 Å². The van der Waals surface area contributed by atoms with Crippen molar-refractivity contribution >= 4 is 10.0 Å². The second kappa shape index (κ2) is 6.17. The Hall–Kier alpha value is -0.870. The van der Waals surface area contributed by atoms with Gasteiger partial charge in [-0.2, -0.15) is 0 Å². The van der Waals surface area contributed by atoms with Gasteiger partial charge < -0.3 is 0 Å². The first kappa shape index (κ1) is 14.2. The van der Waals surface area contributed by atoms with Crippen LogP contribution in [0.1, 0.15) is 45.1 Å². The summed E-state index contributed by atoms with van der Waals surface area (Å²) < 4.78 is 26.9. The molecule has 0 spiro atoms. The van der Waals surface area contributed by atoms with E-state index in [-0.39, 0.29) is 5.92 Å². The molecule has 0 saturated carbocycles. The van der Waals surface area contributed by atoms with Crippen LogP contribution in [0.5, 0.6) is 0 Å². The smallest absolute Gasteiger partial charge is 0.211 e. The topological polar surface area (TPSA) is 46.2 Å². The standard InChI is InChI=1S/C13H21NO2S/c1-4-5-10-14-17(15,16)13-9-7-6-8-12(13)11(2)3/h6-9,11,14H,4-5,10H2,1-3H3. The minimum Gasteiger partial charge on any atom is -0.211 e. The molecule has 1 rings (SSSR count). The van der Waals surface area contributed by atoms with Crippen LogP contribution in [-0.2, 0) is 10.0 Å². The number of sulfonamides is 1. The highest BCUT2D eigenvalue weighted by Crippen LogP contribution is 2.23. The third-order valence-electron chi connectivity index (χ3n) is 2.65. The number of unbranched alkanes of at least 4 members (excludes halogenated alkanes) is 1. The highest BCUT2D eigenvalue weighted by atomic mass is 32.2. The number of benzene rings is 1. The Morgan fingerprint density at radius 3 is 2.47 bits per heavy atom. The second-order valence-electron chi connectivity index (χ2n) is 4.44. The lowest BCUT2D eigenvalue weighted by Gasteiger charge is -2.13. The Morgan fingerprint density at radius 1 is 1.24 bits per heavy atom. The maximum absolute atomic E-state index is 12.1. The number of hydrogen-bond donors (Lipinski definition) is 1. The van der Waals surface area contributed by atoms with E-state index in [4.69, 9.17) is 0 Å². The van der Waals surface area contributed by atoms with Crippen molar-refractivity contribution in [1.82, 2.24) is 4.72 Å². The fourth-order valence-corrected chi connectivity index (χ4v) is 3.10.